The second-order valence-electron chi connectivity index (χ2n) is 8.56. The third-order valence-electron chi connectivity index (χ3n) is 6.05. The summed E-state index contributed by atoms with van der Waals surface area (Å²) in [7, 11) is 1.40. The van der Waals surface area contributed by atoms with Gasteiger partial charge in [0, 0.05) is 18.5 Å². The minimum Gasteiger partial charge on any atom is -0.508 e. The van der Waals surface area contributed by atoms with E-state index in [4.69, 9.17) is 28.0 Å². The summed E-state index contributed by atoms with van der Waals surface area (Å²) in [5, 5.41) is 27.6. The second-order valence-corrected chi connectivity index (χ2v) is 9.37. The number of hydrogen-bond donors (Lipinski definition) is 3. The van der Waals surface area contributed by atoms with Crippen LogP contribution in [0.2, 0.25) is 10.0 Å². The van der Waals surface area contributed by atoms with E-state index in [2.05, 4.69) is 10.5 Å². The molecular weight excluding hydrogens is 517 g/mol. The maximum Gasteiger partial charge on any atom is 0.254 e. The van der Waals surface area contributed by atoms with Gasteiger partial charge < -0.3 is 25.3 Å². The van der Waals surface area contributed by atoms with E-state index in [1.54, 1.807) is 48.5 Å². The highest BCUT2D eigenvalue weighted by Crippen LogP contribution is 2.29. The van der Waals surface area contributed by atoms with Crippen molar-refractivity contribution in [1.29, 1.82) is 0 Å². The van der Waals surface area contributed by atoms with Crippen LogP contribution in [0.15, 0.2) is 71.9 Å². The first-order chi connectivity index (χ1) is 17.8. The zero-order chi connectivity index (χ0) is 26.5. The smallest absolute Gasteiger partial charge is 0.254 e. The standard InChI is InChI=1S/C27H25Cl2N3O5/c1-37-31-20-13-24(26(35)30-14-25(34)19-3-2-4-21(33)11-19)32(15-20)27(36)17-7-5-16(6-8-17)18-9-10-22(28)23(29)12-18/h2-12,24-25,33-34H,13-15H2,1H3,(H,30,35)/t24-,25?/m0/s1. The Labute approximate surface area is 224 Å². The van der Waals surface area contributed by atoms with Crippen molar-refractivity contribution >= 4 is 40.7 Å². The Bertz CT molecular complexity index is 1330. The van der Waals surface area contributed by atoms with E-state index in [0.29, 0.717) is 26.9 Å². The van der Waals surface area contributed by atoms with Crippen LogP contribution in [0.5, 0.6) is 5.75 Å². The average molecular weight is 542 g/mol. The number of nitrogens with one attached hydrogen (secondary N) is 1. The molecule has 3 aromatic carbocycles. The predicted molar refractivity (Wildman–Crippen MR) is 142 cm³/mol. The number of phenols is 1. The summed E-state index contributed by atoms with van der Waals surface area (Å²) in [4.78, 5) is 32.8. The van der Waals surface area contributed by atoms with Crippen molar-refractivity contribution in [3.8, 4) is 16.9 Å². The van der Waals surface area contributed by atoms with E-state index in [9.17, 15) is 19.8 Å². The van der Waals surface area contributed by atoms with Crippen LogP contribution in [0.25, 0.3) is 11.1 Å². The van der Waals surface area contributed by atoms with Gasteiger partial charge in [0.1, 0.15) is 18.9 Å². The van der Waals surface area contributed by atoms with Crippen LogP contribution in [-0.2, 0) is 9.63 Å². The van der Waals surface area contributed by atoms with Gasteiger partial charge in [-0.15, -0.1) is 0 Å². The zero-order valence-electron chi connectivity index (χ0n) is 19.9. The molecule has 1 unspecified atom stereocenters. The van der Waals surface area contributed by atoms with Gasteiger partial charge in [0.15, 0.2) is 0 Å². The van der Waals surface area contributed by atoms with Crippen molar-refractivity contribution < 1.29 is 24.6 Å². The fourth-order valence-corrected chi connectivity index (χ4v) is 4.46. The van der Waals surface area contributed by atoms with Gasteiger partial charge in [0.05, 0.1) is 28.4 Å². The number of aromatic hydroxyl groups is 1. The Morgan fingerprint density at radius 3 is 2.49 bits per heavy atom. The molecule has 3 N–H and O–H groups in total. The van der Waals surface area contributed by atoms with Crippen molar-refractivity contribution in [3.63, 3.8) is 0 Å². The van der Waals surface area contributed by atoms with E-state index in [1.807, 2.05) is 6.07 Å². The van der Waals surface area contributed by atoms with Crippen molar-refractivity contribution in [1.82, 2.24) is 10.2 Å². The van der Waals surface area contributed by atoms with Crippen molar-refractivity contribution in [2.45, 2.75) is 18.6 Å². The van der Waals surface area contributed by atoms with E-state index in [1.165, 1.54) is 24.1 Å². The average Bonchev–Trinajstić information content (AvgIpc) is 3.32. The maximum atomic E-state index is 13.4. The molecule has 37 heavy (non-hydrogen) atoms. The number of rotatable bonds is 7. The molecule has 0 aromatic heterocycles. The number of hydrogen-bond acceptors (Lipinski definition) is 6. The molecule has 1 aliphatic heterocycles. The van der Waals surface area contributed by atoms with Gasteiger partial charge in [0.2, 0.25) is 5.91 Å². The van der Waals surface area contributed by atoms with Gasteiger partial charge in [-0.1, -0.05) is 58.7 Å². The molecular formula is C27H25Cl2N3O5. The van der Waals surface area contributed by atoms with Gasteiger partial charge in [-0.3, -0.25) is 9.59 Å². The quantitative estimate of drug-likeness (QED) is 0.383. The first kappa shape index (κ1) is 26.5. The summed E-state index contributed by atoms with van der Waals surface area (Å²) in [5.41, 5.74) is 3.13. The topological polar surface area (TPSA) is 111 Å². The molecule has 0 saturated carbocycles. The van der Waals surface area contributed by atoms with Crippen LogP contribution in [0.1, 0.15) is 28.4 Å². The minimum atomic E-state index is -1.03. The molecule has 0 radical (unpaired) electrons. The third-order valence-corrected chi connectivity index (χ3v) is 6.79. The monoisotopic (exact) mass is 541 g/mol. The Balaban J connectivity index is 1.48. The number of amides is 2. The molecule has 0 aliphatic carbocycles. The summed E-state index contributed by atoms with van der Waals surface area (Å²) in [6.45, 7) is 0.0460. The fourth-order valence-electron chi connectivity index (χ4n) is 4.16. The van der Waals surface area contributed by atoms with Gasteiger partial charge in [-0.2, -0.15) is 0 Å². The number of aliphatic hydroxyl groups is 1. The normalized spacial score (nSPS) is 17.0. The fraction of sp³-hybridized carbons (Fsp3) is 0.222. The summed E-state index contributed by atoms with van der Waals surface area (Å²) in [6, 6.07) is 17.6. The van der Waals surface area contributed by atoms with Crippen LogP contribution in [0.4, 0.5) is 0 Å². The molecule has 4 rings (SSSR count). The number of oxime groups is 1. The summed E-state index contributed by atoms with van der Waals surface area (Å²) < 4.78 is 0. The number of aliphatic hydroxyl groups excluding tert-OH is 1. The number of nitrogens with zero attached hydrogens (tertiary/aromatic N) is 2. The lowest BCUT2D eigenvalue weighted by atomic mass is 10.0. The van der Waals surface area contributed by atoms with Gasteiger partial charge in [0.25, 0.3) is 5.91 Å². The molecule has 1 saturated heterocycles. The second kappa shape index (κ2) is 11.6. The highest BCUT2D eigenvalue weighted by atomic mass is 35.5. The van der Waals surface area contributed by atoms with Crippen LogP contribution in [-0.4, -0.2) is 58.9 Å². The van der Waals surface area contributed by atoms with Crippen molar-refractivity contribution in [2.24, 2.45) is 5.16 Å². The van der Waals surface area contributed by atoms with Crippen LogP contribution in [0, 0.1) is 0 Å². The highest BCUT2D eigenvalue weighted by Gasteiger charge is 2.38. The molecule has 2 atom stereocenters. The first-order valence-corrected chi connectivity index (χ1v) is 12.2. The minimum absolute atomic E-state index is 0.0149. The van der Waals surface area contributed by atoms with E-state index >= 15 is 0 Å². The largest absolute Gasteiger partial charge is 0.508 e. The number of carbonyl (C=O) groups is 2. The third kappa shape index (κ3) is 6.22. The Morgan fingerprint density at radius 1 is 1.08 bits per heavy atom. The van der Waals surface area contributed by atoms with Crippen LogP contribution >= 0.6 is 23.2 Å². The number of likely N-dealkylation sites (tertiary alicyclic amines) is 1. The lowest BCUT2D eigenvalue weighted by molar-refractivity contribution is -0.125. The molecule has 1 fully saturated rings. The van der Waals surface area contributed by atoms with Crippen LogP contribution < -0.4 is 5.32 Å². The van der Waals surface area contributed by atoms with E-state index < -0.39 is 18.1 Å². The molecule has 3 aromatic rings. The molecule has 192 valence electrons. The number of carbonyl (C=O) groups excluding carboxylic acids is 2. The summed E-state index contributed by atoms with van der Waals surface area (Å²) >= 11 is 12.1. The molecule has 2 amide bonds. The maximum absolute atomic E-state index is 13.4. The SMILES string of the molecule is CON=C1C[C@@H](C(=O)NCC(O)c2cccc(O)c2)N(C(=O)c2ccc(-c3ccc(Cl)c(Cl)c3)cc2)C1. The predicted octanol–water partition coefficient (Wildman–Crippen LogP) is 4.43. The van der Waals surface area contributed by atoms with Crippen LogP contribution in [0.3, 0.4) is 0 Å². The Hall–Kier alpha value is -3.59. The van der Waals surface area contributed by atoms with E-state index in [0.717, 1.165) is 11.1 Å². The summed E-state index contributed by atoms with van der Waals surface area (Å²) in [5.74, 6) is -0.752. The number of benzene rings is 3. The number of phenolic OH excluding ortho intramolecular Hbond substituents is 1. The molecule has 10 heteroatoms. The summed E-state index contributed by atoms with van der Waals surface area (Å²) in [6.07, 6.45) is -0.822. The zero-order valence-corrected chi connectivity index (χ0v) is 21.4. The van der Waals surface area contributed by atoms with Gasteiger partial charge in [-0.05, 0) is 53.1 Å². The van der Waals surface area contributed by atoms with Crippen molar-refractivity contribution in [3.05, 3.63) is 87.9 Å². The Morgan fingerprint density at radius 2 is 1.81 bits per heavy atom. The lowest BCUT2D eigenvalue weighted by Gasteiger charge is -2.24. The molecule has 0 spiro atoms. The molecule has 8 nitrogen and oxygen atoms in total. The molecule has 0 bridgehead atoms. The van der Waals surface area contributed by atoms with Gasteiger partial charge in [-0.25, -0.2) is 0 Å². The highest BCUT2D eigenvalue weighted by molar-refractivity contribution is 6.42. The molecule has 1 heterocycles. The number of halogens is 2. The van der Waals surface area contributed by atoms with E-state index in [-0.39, 0.29) is 31.2 Å². The molecule has 1 aliphatic rings. The van der Waals surface area contributed by atoms with Crippen molar-refractivity contribution in [2.75, 3.05) is 20.2 Å². The van der Waals surface area contributed by atoms with Gasteiger partial charge >= 0.3 is 0 Å². The first-order valence-electron chi connectivity index (χ1n) is 11.5. The Kier molecular flexibility index (Phi) is 8.33. The lowest BCUT2D eigenvalue weighted by Crippen LogP contribution is -2.46.